The van der Waals surface area contributed by atoms with Gasteiger partial charge in [-0.2, -0.15) is 0 Å². The standard InChI is InChI=1S/C18H20FNO3/c1-12(13-5-8-15(19)9-6-13)20(2)18(21)14-7-10-16(22-3)17(11-14)23-4/h5-12H,1-4H3/t12-/m0/s1. The molecule has 0 unspecified atom stereocenters. The lowest BCUT2D eigenvalue weighted by molar-refractivity contribution is 0.0742. The van der Waals surface area contributed by atoms with Crippen LogP contribution in [0.15, 0.2) is 42.5 Å². The fourth-order valence-electron chi connectivity index (χ4n) is 2.31. The molecule has 0 radical (unpaired) electrons. The number of rotatable bonds is 5. The molecule has 4 nitrogen and oxygen atoms in total. The number of carbonyl (C=O) groups is 1. The summed E-state index contributed by atoms with van der Waals surface area (Å²) < 4.78 is 23.4. The second-order valence-corrected chi connectivity index (χ2v) is 5.21. The first-order chi connectivity index (χ1) is 11.0. The van der Waals surface area contributed by atoms with Gasteiger partial charge in [-0.1, -0.05) is 12.1 Å². The van der Waals surface area contributed by atoms with E-state index in [0.29, 0.717) is 17.1 Å². The fraction of sp³-hybridized carbons (Fsp3) is 0.278. The Morgan fingerprint density at radius 2 is 1.65 bits per heavy atom. The third-order valence-electron chi connectivity index (χ3n) is 3.88. The molecule has 1 amide bonds. The molecule has 0 saturated carbocycles. The van der Waals surface area contributed by atoms with Gasteiger partial charge in [-0.15, -0.1) is 0 Å². The monoisotopic (exact) mass is 317 g/mol. The maximum atomic E-state index is 13.0. The Kier molecular flexibility index (Phi) is 5.21. The van der Waals surface area contributed by atoms with Crippen molar-refractivity contribution in [3.05, 3.63) is 59.4 Å². The Hall–Kier alpha value is -2.56. The van der Waals surface area contributed by atoms with Crippen molar-refractivity contribution in [1.82, 2.24) is 4.90 Å². The van der Waals surface area contributed by atoms with Gasteiger partial charge in [0.25, 0.3) is 5.91 Å². The Balaban J connectivity index is 2.23. The minimum absolute atomic E-state index is 0.150. The average molecular weight is 317 g/mol. The highest BCUT2D eigenvalue weighted by molar-refractivity contribution is 5.95. The van der Waals surface area contributed by atoms with Gasteiger partial charge in [0.2, 0.25) is 0 Å². The van der Waals surface area contributed by atoms with Crippen molar-refractivity contribution < 1.29 is 18.7 Å². The van der Waals surface area contributed by atoms with Crippen molar-refractivity contribution >= 4 is 5.91 Å². The molecule has 1 atom stereocenters. The Morgan fingerprint density at radius 3 is 2.22 bits per heavy atom. The first-order valence-corrected chi connectivity index (χ1v) is 7.22. The third-order valence-corrected chi connectivity index (χ3v) is 3.88. The van der Waals surface area contributed by atoms with Crippen LogP contribution in [0.5, 0.6) is 11.5 Å². The van der Waals surface area contributed by atoms with Gasteiger partial charge in [0.15, 0.2) is 11.5 Å². The lowest BCUT2D eigenvalue weighted by Gasteiger charge is -2.25. The van der Waals surface area contributed by atoms with Crippen molar-refractivity contribution in [2.24, 2.45) is 0 Å². The number of halogens is 1. The van der Waals surface area contributed by atoms with Crippen molar-refractivity contribution in [2.45, 2.75) is 13.0 Å². The zero-order chi connectivity index (χ0) is 17.0. The average Bonchev–Trinajstić information content (AvgIpc) is 2.59. The number of amides is 1. The lowest BCUT2D eigenvalue weighted by Crippen LogP contribution is -2.29. The molecule has 0 N–H and O–H groups in total. The Labute approximate surface area is 135 Å². The highest BCUT2D eigenvalue weighted by Gasteiger charge is 2.20. The number of ether oxygens (including phenoxy) is 2. The van der Waals surface area contributed by atoms with E-state index in [4.69, 9.17) is 9.47 Å². The summed E-state index contributed by atoms with van der Waals surface area (Å²) in [6, 6.07) is 11.0. The number of methoxy groups -OCH3 is 2. The van der Waals surface area contributed by atoms with Crippen LogP contribution in [0, 0.1) is 5.82 Å². The van der Waals surface area contributed by atoms with Gasteiger partial charge in [0.05, 0.1) is 20.3 Å². The number of nitrogens with zero attached hydrogens (tertiary/aromatic N) is 1. The summed E-state index contributed by atoms with van der Waals surface area (Å²) in [5.74, 6) is 0.622. The molecule has 0 aliphatic heterocycles. The minimum atomic E-state index is -0.296. The molecule has 0 aliphatic rings. The molecule has 2 aromatic carbocycles. The van der Waals surface area contributed by atoms with Gasteiger partial charge in [0.1, 0.15) is 5.82 Å². The highest BCUT2D eigenvalue weighted by Crippen LogP contribution is 2.29. The molecule has 0 spiro atoms. The molecule has 23 heavy (non-hydrogen) atoms. The largest absolute Gasteiger partial charge is 0.493 e. The SMILES string of the molecule is COc1ccc(C(=O)N(C)[C@@H](C)c2ccc(F)cc2)cc1OC. The van der Waals surface area contributed by atoms with Crippen LogP contribution in [0.4, 0.5) is 4.39 Å². The molecule has 0 saturated heterocycles. The van der Waals surface area contributed by atoms with Crippen LogP contribution in [0.1, 0.15) is 28.9 Å². The molecule has 0 bridgehead atoms. The van der Waals surface area contributed by atoms with Crippen molar-refractivity contribution in [1.29, 1.82) is 0 Å². The maximum Gasteiger partial charge on any atom is 0.254 e. The van der Waals surface area contributed by atoms with Crippen LogP contribution < -0.4 is 9.47 Å². The molecular formula is C18H20FNO3. The third kappa shape index (κ3) is 3.62. The quantitative estimate of drug-likeness (QED) is 0.844. The van der Waals surface area contributed by atoms with E-state index in [1.165, 1.54) is 19.2 Å². The van der Waals surface area contributed by atoms with E-state index < -0.39 is 0 Å². The Morgan fingerprint density at radius 1 is 1.04 bits per heavy atom. The molecule has 5 heteroatoms. The smallest absolute Gasteiger partial charge is 0.254 e. The van der Waals surface area contributed by atoms with E-state index in [1.54, 1.807) is 49.4 Å². The van der Waals surface area contributed by atoms with Gasteiger partial charge in [-0.25, -0.2) is 4.39 Å². The summed E-state index contributed by atoms with van der Waals surface area (Å²) >= 11 is 0. The molecule has 2 aromatic rings. The predicted molar refractivity (Wildman–Crippen MR) is 86.5 cm³/mol. The Bertz CT molecular complexity index is 685. The molecule has 0 heterocycles. The summed E-state index contributed by atoms with van der Waals surface area (Å²) in [7, 11) is 4.78. The van der Waals surface area contributed by atoms with Gasteiger partial charge in [-0.3, -0.25) is 4.79 Å². The number of carbonyl (C=O) groups excluding carboxylic acids is 1. The van der Waals surface area contributed by atoms with Crippen molar-refractivity contribution in [3.63, 3.8) is 0 Å². The van der Waals surface area contributed by atoms with E-state index in [2.05, 4.69) is 0 Å². The highest BCUT2D eigenvalue weighted by atomic mass is 19.1. The normalized spacial score (nSPS) is 11.7. The summed E-state index contributed by atoms with van der Waals surface area (Å²) in [5.41, 5.74) is 1.36. The summed E-state index contributed by atoms with van der Waals surface area (Å²) in [6.07, 6.45) is 0. The van der Waals surface area contributed by atoms with E-state index in [9.17, 15) is 9.18 Å². The van der Waals surface area contributed by atoms with Crippen LogP contribution in [-0.4, -0.2) is 32.1 Å². The van der Waals surface area contributed by atoms with E-state index >= 15 is 0 Å². The van der Waals surface area contributed by atoms with Crippen LogP contribution in [0.3, 0.4) is 0 Å². The van der Waals surface area contributed by atoms with Crippen LogP contribution in [-0.2, 0) is 0 Å². The van der Waals surface area contributed by atoms with Crippen LogP contribution >= 0.6 is 0 Å². The molecule has 0 aliphatic carbocycles. The van der Waals surface area contributed by atoms with Gasteiger partial charge >= 0.3 is 0 Å². The minimum Gasteiger partial charge on any atom is -0.493 e. The van der Waals surface area contributed by atoms with E-state index in [1.807, 2.05) is 6.92 Å². The number of hydrogen-bond donors (Lipinski definition) is 0. The van der Waals surface area contributed by atoms with Gasteiger partial charge < -0.3 is 14.4 Å². The first-order valence-electron chi connectivity index (χ1n) is 7.22. The molecule has 122 valence electrons. The van der Waals surface area contributed by atoms with Crippen LogP contribution in [0.25, 0.3) is 0 Å². The summed E-state index contributed by atoms with van der Waals surface area (Å²) in [6.45, 7) is 1.89. The second-order valence-electron chi connectivity index (χ2n) is 5.21. The molecule has 2 rings (SSSR count). The van der Waals surface area contributed by atoms with Crippen LogP contribution in [0.2, 0.25) is 0 Å². The first kappa shape index (κ1) is 16.8. The zero-order valence-electron chi connectivity index (χ0n) is 13.7. The van der Waals surface area contributed by atoms with Gasteiger partial charge in [0, 0.05) is 12.6 Å². The summed E-state index contributed by atoms with van der Waals surface area (Å²) in [4.78, 5) is 14.3. The number of benzene rings is 2. The molecular weight excluding hydrogens is 297 g/mol. The van der Waals surface area contributed by atoms with E-state index in [-0.39, 0.29) is 17.8 Å². The molecule has 0 aromatic heterocycles. The molecule has 0 fully saturated rings. The summed E-state index contributed by atoms with van der Waals surface area (Å²) in [5, 5.41) is 0. The maximum absolute atomic E-state index is 13.0. The number of hydrogen-bond acceptors (Lipinski definition) is 3. The predicted octanol–water partition coefficient (Wildman–Crippen LogP) is 3.68. The van der Waals surface area contributed by atoms with Crippen molar-refractivity contribution in [3.8, 4) is 11.5 Å². The van der Waals surface area contributed by atoms with Gasteiger partial charge in [-0.05, 0) is 42.8 Å². The van der Waals surface area contributed by atoms with Crippen molar-refractivity contribution in [2.75, 3.05) is 21.3 Å². The lowest BCUT2D eigenvalue weighted by atomic mass is 10.1. The fourth-order valence-corrected chi connectivity index (χ4v) is 2.31. The zero-order valence-corrected chi connectivity index (χ0v) is 13.7. The topological polar surface area (TPSA) is 38.8 Å². The van der Waals surface area contributed by atoms with E-state index in [0.717, 1.165) is 5.56 Å². The second kappa shape index (κ2) is 7.13.